The van der Waals surface area contributed by atoms with Crippen LogP contribution in [0.15, 0.2) is 47.0 Å². The van der Waals surface area contributed by atoms with Gasteiger partial charge in [0, 0.05) is 24.6 Å². The van der Waals surface area contributed by atoms with E-state index in [1.54, 1.807) is 37.3 Å². The Balaban J connectivity index is 1.48. The maximum Gasteiger partial charge on any atom is 0.232 e. The van der Waals surface area contributed by atoms with E-state index in [1.807, 2.05) is 24.3 Å². The lowest BCUT2D eigenvalue weighted by Crippen LogP contribution is -2.24. The number of hydrogen-bond acceptors (Lipinski definition) is 7. The molecule has 1 atom stereocenters. The zero-order chi connectivity index (χ0) is 22.5. The first kappa shape index (κ1) is 21.7. The third-order valence-corrected chi connectivity index (χ3v) is 5.47. The molecule has 3 aromatic rings. The molecule has 0 spiro atoms. The number of ether oxygens (including phenoxy) is 3. The van der Waals surface area contributed by atoms with Crippen LogP contribution in [0.5, 0.6) is 17.2 Å². The van der Waals surface area contributed by atoms with Gasteiger partial charge in [0.2, 0.25) is 17.6 Å². The molecule has 0 radical (unpaired) electrons. The van der Waals surface area contributed by atoms with Crippen LogP contribution < -0.4 is 19.1 Å². The van der Waals surface area contributed by atoms with Crippen molar-refractivity contribution in [2.45, 2.75) is 32.1 Å². The van der Waals surface area contributed by atoms with Gasteiger partial charge in [-0.15, -0.1) is 0 Å². The van der Waals surface area contributed by atoms with Crippen molar-refractivity contribution in [2.75, 3.05) is 32.3 Å². The van der Waals surface area contributed by atoms with Gasteiger partial charge in [0.25, 0.3) is 0 Å². The third-order valence-electron chi connectivity index (χ3n) is 5.47. The minimum atomic E-state index is -0.198. The van der Waals surface area contributed by atoms with Gasteiger partial charge in [-0.05, 0) is 42.8 Å². The summed E-state index contributed by atoms with van der Waals surface area (Å²) in [4.78, 5) is 19.0. The number of carbonyl (C=O) groups excluding carboxylic acids is 1. The first-order chi connectivity index (χ1) is 15.6. The summed E-state index contributed by atoms with van der Waals surface area (Å²) >= 11 is 0. The molecule has 2 aromatic carbocycles. The Morgan fingerprint density at radius 3 is 2.59 bits per heavy atom. The fourth-order valence-electron chi connectivity index (χ4n) is 3.67. The highest BCUT2D eigenvalue weighted by atomic mass is 16.5. The number of hydrogen-bond donors (Lipinski definition) is 0. The highest BCUT2D eigenvalue weighted by Gasteiger charge is 2.36. The van der Waals surface area contributed by atoms with E-state index < -0.39 is 0 Å². The largest absolute Gasteiger partial charge is 0.497 e. The van der Waals surface area contributed by atoms with Crippen molar-refractivity contribution in [2.24, 2.45) is 0 Å². The number of nitrogens with zero attached hydrogens (tertiary/aromatic N) is 3. The van der Waals surface area contributed by atoms with Gasteiger partial charge in [-0.3, -0.25) is 4.79 Å². The molecule has 0 N–H and O–H groups in total. The summed E-state index contributed by atoms with van der Waals surface area (Å²) in [5, 5.41) is 4.12. The Kier molecular flexibility index (Phi) is 6.58. The molecule has 1 aliphatic heterocycles. The first-order valence-electron chi connectivity index (χ1n) is 10.7. The molecule has 8 nitrogen and oxygen atoms in total. The van der Waals surface area contributed by atoms with E-state index in [4.69, 9.17) is 18.7 Å². The summed E-state index contributed by atoms with van der Waals surface area (Å²) in [7, 11) is 3.16. The van der Waals surface area contributed by atoms with E-state index >= 15 is 0 Å². The molecular weight excluding hydrogens is 410 g/mol. The van der Waals surface area contributed by atoms with E-state index in [2.05, 4.69) is 17.1 Å². The average molecular weight is 437 g/mol. The van der Waals surface area contributed by atoms with Crippen LogP contribution in [0.2, 0.25) is 0 Å². The molecule has 4 rings (SSSR count). The summed E-state index contributed by atoms with van der Waals surface area (Å²) in [6.07, 6.45) is 2.40. The lowest BCUT2D eigenvalue weighted by atomic mass is 10.1. The van der Waals surface area contributed by atoms with Gasteiger partial charge in [0.1, 0.15) is 17.2 Å². The molecule has 1 aromatic heterocycles. The average Bonchev–Trinajstić information content (AvgIpc) is 3.46. The number of rotatable bonds is 9. The normalized spacial score (nSPS) is 15.8. The molecule has 0 saturated carbocycles. The van der Waals surface area contributed by atoms with Crippen molar-refractivity contribution in [1.82, 2.24) is 10.1 Å². The van der Waals surface area contributed by atoms with E-state index in [1.165, 1.54) is 0 Å². The zero-order valence-corrected chi connectivity index (χ0v) is 18.5. The highest BCUT2D eigenvalue weighted by Crippen LogP contribution is 2.38. The number of methoxy groups -OCH3 is 2. The molecule has 168 valence electrons. The van der Waals surface area contributed by atoms with Crippen molar-refractivity contribution >= 4 is 11.6 Å². The molecule has 8 heteroatoms. The van der Waals surface area contributed by atoms with Gasteiger partial charge >= 0.3 is 0 Å². The summed E-state index contributed by atoms with van der Waals surface area (Å²) in [6.45, 7) is 3.26. The standard InChI is InChI=1S/C24H27N3O5/c1-4-5-12-31-18-8-6-16(7-9-18)23-25-24(32-26-23)17-13-22(28)27(15-17)20-14-19(29-2)10-11-21(20)30-3/h6-11,14,17H,4-5,12-13,15H2,1-3H3. The highest BCUT2D eigenvalue weighted by molar-refractivity contribution is 5.98. The predicted octanol–water partition coefficient (Wildman–Crippen LogP) is 4.45. The van der Waals surface area contributed by atoms with Crippen molar-refractivity contribution in [3.8, 4) is 28.6 Å². The van der Waals surface area contributed by atoms with Crippen molar-refractivity contribution in [1.29, 1.82) is 0 Å². The summed E-state index contributed by atoms with van der Waals surface area (Å²) in [5.74, 6) is 2.78. The Morgan fingerprint density at radius 2 is 1.88 bits per heavy atom. The zero-order valence-electron chi connectivity index (χ0n) is 18.5. The SMILES string of the molecule is CCCCOc1ccc(-c2noc(C3CC(=O)N(c4cc(OC)ccc4OC)C3)n2)cc1. The molecule has 1 fully saturated rings. The Hall–Kier alpha value is -3.55. The van der Waals surface area contributed by atoms with Crippen LogP contribution in [0.25, 0.3) is 11.4 Å². The first-order valence-corrected chi connectivity index (χ1v) is 10.7. The smallest absolute Gasteiger partial charge is 0.232 e. The minimum absolute atomic E-state index is 0.0325. The molecule has 1 unspecified atom stereocenters. The number of aromatic nitrogens is 2. The maximum atomic E-state index is 12.8. The topological polar surface area (TPSA) is 86.9 Å². The van der Waals surface area contributed by atoms with E-state index in [0.29, 0.717) is 42.1 Å². The second kappa shape index (κ2) is 9.72. The minimum Gasteiger partial charge on any atom is -0.497 e. The van der Waals surface area contributed by atoms with Crippen LogP contribution in [0, 0.1) is 0 Å². The fourth-order valence-corrected chi connectivity index (χ4v) is 3.67. The number of carbonyl (C=O) groups is 1. The van der Waals surface area contributed by atoms with Crippen LogP contribution >= 0.6 is 0 Å². The van der Waals surface area contributed by atoms with E-state index in [-0.39, 0.29) is 18.2 Å². The molecule has 0 aliphatic carbocycles. The lowest BCUT2D eigenvalue weighted by Gasteiger charge is -2.20. The summed E-state index contributed by atoms with van der Waals surface area (Å²) < 4.78 is 22.0. The molecule has 1 amide bonds. The quantitative estimate of drug-likeness (QED) is 0.457. The fraction of sp³-hybridized carbons (Fsp3) is 0.375. The van der Waals surface area contributed by atoms with Crippen molar-refractivity contribution in [3.05, 3.63) is 48.4 Å². The van der Waals surface area contributed by atoms with Crippen LogP contribution in [-0.2, 0) is 4.79 Å². The molecular formula is C24H27N3O5. The predicted molar refractivity (Wildman–Crippen MR) is 119 cm³/mol. The Bertz CT molecular complexity index is 1060. The van der Waals surface area contributed by atoms with Crippen molar-refractivity contribution in [3.63, 3.8) is 0 Å². The second-order valence-electron chi connectivity index (χ2n) is 7.63. The molecule has 0 bridgehead atoms. The Morgan fingerprint density at radius 1 is 1.09 bits per heavy atom. The van der Waals surface area contributed by atoms with Crippen LogP contribution in [0.4, 0.5) is 5.69 Å². The number of amides is 1. The van der Waals surface area contributed by atoms with Crippen LogP contribution in [0.1, 0.15) is 38.0 Å². The Labute approximate surface area is 187 Å². The second-order valence-corrected chi connectivity index (χ2v) is 7.63. The van der Waals surface area contributed by atoms with Crippen LogP contribution in [0.3, 0.4) is 0 Å². The van der Waals surface area contributed by atoms with Gasteiger partial charge in [-0.25, -0.2) is 0 Å². The summed E-state index contributed by atoms with van der Waals surface area (Å²) in [6, 6.07) is 13.0. The van der Waals surface area contributed by atoms with Gasteiger partial charge < -0.3 is 23.6 Å². The van der Waals surface area contributed by atoms with E-state index in [0.717, 1.165) is 24.2 Å². The van der Waals surface area contributed by atoms with Crippen LogP contribution in [-0.4, -0.2) is 43.4 Å². The van der Waals surface area contributed by atoms with Gasteiger partial charge in [-0.2, -0.15) is 4.98 Å². The maximum absolute atomic E-state index is 12.8. The molecule has 2 heterocycles. The number of anilines is 1. The molecule has 1 saturated heterocycles. The molecule has 32 heavy (non-hydrogen) atoms. The third kappa shape index (κ3) is 4.54. The van der Waals surface area contributed by atoms with E-state index in [9.17, 15) is 4.79 Å². The number of benzene rings is 2. The van der Waals surface area contributed by atoms with Crippen molar-refractivity contribution < 1.29 is 23.5 Å². The van der Waals surface area contributed by atoms with Gasteiger partial charge in [0.15, 0.2) is 0 Å². The molecule has 1 aliphatic rings. The number of unbranched alkanes of at least 4 members (excludes halogenated alkanes) is 1. The lowest BCUT2D eigenvalue weighted by molar-refractivity contribution is -0.117. The summed E-state index contributed by atoms with van der Waals surface area (Å²) in [5.41, 5.74) is 1.50. The monoisotopic (exact) mass is 437 g/mol. The van der Waals surface area contributed by atoms with Gasteiger partial charge in [-0.1, -0.05) is 18.5 Å². The van der Waals surface area contributed by atoms with Gasteiger partial charge in [0.05, 0.1) is 32.4 Å².